The molecule has 1 aliphatic carbocycles. The van der Waals surface area contributed by atoms with E-state index in [4.69, 9.17) is 0 Å². The number of hydrogen-bond donors (Lipinski definition) is 0. The van der Waals surface area contributed by atoms with Crippen molar-refractivity contribution in [2.45, 2.75) is 31.1 Å². The molecule has 0 aromatic heterocycles. The Morgan fingerprint density at radius 2 is 1.96 bits per heavy atom. The van der Waals surface area contributed by atoms with Gasteiger partial charge in [0.25, 0.3) is 11.6 Å². The predicted molar refractivity (Wildman–Crippen MR) is 82.3 cm³/mol. The highest BCUT2D eigenvalue weighted by Gasteiger charge is 2.65. The number of halogens is 3. The van der Waals surface area contributed by atoms with Crippen molar-refractivity contribution in [2.75, 3.05) is 4.90 Å². The molecule has 3 aliphatic rings. The Hall–Kier alpha value is -2.91. The molecular weight excluding hydrogens is 355 g/mol. The average molecular weight is 367 g/mol. The Balaban J connectivity index is 1.81. The highest BCUT2D eigenvalue weighted by Crippen LogP contribution is 2.51. The van der Waals surface area contributed by atoms with Crippen LogP contribution in [-0.4, -0.2) is 33.3 Å². The van der Waals surface area contributed by atoms with Crippen LogP contribution in [0, 0.1) is 16.0 Å². The van der Waals surface area contributed by atoms with Crippen molar-refractivity contribution in [3.63, 3.8) is 0 Å². The summed E-state index contributed by atoms with van der Waals surface area (Å²) in [5, 5.41) is 10.9. The topological polar surface area (TPSA) is 83.8 Å². The molecule has 3 amide bonds. The Morgan fingerprint density at radius 3 is 2.54 bits per heavy atom. The van der Waals surface area contributed by atoms with Gasteiger partial charge in [-0.1, -0.05) is 12.2 Å². The maximum Gasteiger partial charge on any atom is 0.423 e. The van der Waals surface area contributed by atoms with Gasteiger partial charge < -0.3 is 4.90 Å². The number of amides is 3. The van der Waals surface area contributed by atoms with Gasteiger partial charge in [0.05, 0.1) is 16.7 Å². The number of nitro benzene ring substituents is 1. The summed E-state index contributed by atoms with van der Waals surface area (Å²) in [6.07, 6.45) is -0.744. The Labute approximate surface area is 144 Å². The van der Waals surface area contributed by atoms with Gasteiger partial charge in [-0.2, -0.15) is 13.2 Å². The fourth-order valence-electron chi connectivity index (χ4n) is 4.11. The van der Waals surface area contributed by atoms with Crippen LogP contribution in [-0.2, 0) is 11.0 Å². The number of benzene rings is 1. The molecule has 7 nitrogen and oxygen atoms in total. The van der Waals surface area contributed by atoms with Gasteiger partial charge in [-0.15, -0.1) is 0 Å². The van der Waals surface area contributed by atoms with Gasteiger partial charge in [-0.3, -0.25) is 14.9 Å². The Bertz CT molecular complexity index is 897. The van der Waals surface area contributed by atoms with Crippen molar-refractivity contribution in [1.82, 2.24) is 4.90 Å². The molecule has 10 heteroatoms. The molecule has 3 atom stereocenters. The maximum atomic E-state index is 13.2. The Morgan fingerprint density at radius 1 is 1.27 bits per heavy atom. The summed E-state index contributed by atoms with van der Waals surface area (Å²) >= 11 is 0. The van der Waals surface area contributed by atoms with E-state index in [9.17, 15) is 32.9 Å². The number of nitro groups is 1. The van der Waals surface area contributed by atoms with Crippen LogP contribution in [0.15, 0.2) is 30.4 Å². The molecule has 2 saturated heterocycles. The summed E-state index contributed by atoms with van der Waals surface area (Å²) in [6, 6.07) is 1.15. The first-order valence-corrected chi connectivity index (χ1v) is 7.78. The third-order valence-corrected chi connectivity index (χ3v) is 5.39. The molecule has 2 fully saturated rings. The number of nitrogens with zero attached hydrogens (tertiary/aromatic N) is 3. The van der Waals surface area contributed by atoms with Crippen LogP contribution < -0.4 is 4.90 Å². The van der Waals surface area contributed by atoms with E-state index in [0.29, 0.717) is 23.5 Å². The van der Waals surface area contributed by atoms with Gasteiger partial charge in [0.2, 0.25) is 0 Å². The molecule has 2 heterocycles. The van der Waals surface area contributed by atoms with Crippen LogP contribution in [0.3, 0.4) is 0 Å². The van der Waals surface area contributed by atoms with Crippen LogP contribution in [0.4, 0.5) is 29.3 Å². The van der Waals surface area contributed by atoms with Crippen LogP contribution in [0.25, 0.3) is 0 Å². The summed E-state index contributed by atoms with van der Waals surface area (Å²) in [6.45, 7) is 1.59. The lowest BCUT2D eigenvalue weighted by molar-refractivity contribution is -0.388. The zero-order valence-corrected chi connectivity index (χ0v) is 13.4. The fraction of sp³-hybridized carbons (Fsp3) is 0.375. The second-order valence-corrected chi connectivity index (χ2v) is 6.69. The van der Waals surface area contributed by atoms with Gasteiger partial charge in [0.15, 0.2) is 0 Å². The quantitative estimate of drug-likeness (QED) is 0.348. The summed E-state index contributed by atoms with van der Waals surface area (Å²) in [7, 11) is 0. The van der Waals surface area contributed by atoms with E-state index in [2.05, 4.69) is 0 Å². The minimum atomic E-state index is -5.00. The first kappa shape index (κ1) is 16.6. The molecule has 0 N–H and O–H groups in total. The largest absolute Gasteiger partial charge is 0.423 e. The molecule has 0 radical (unpaired) electrons. The highest BCUT2D eigenvalue weighted by atomic mass is 19.4. The molecule has 1 aromatic rings. The standard InChI is InChI=1S/C16H12F3N3O4/c1-15-8-2-3-10(6-8)21(15)14(24)20(13(15)23)9-4-5-12(22(25)26)11(7-9)16(17,18)19/h2-5,7-8,10H,6H2,1H3/t8-,10+,15-/m1/s1. The maximum absolute atomic E-state index is 13.2. The Kier molecular flexibility index (Phi) is 3.08. The van der Waals surface area contributed by atoms with E-state index in [0.717, 1.165) is 6.07 Å². The molecule has 0 saturated carbocycles. The second kappa shape index (κ2) is 4.83. The van der Waals surface area contributed by atoms with Crippen molar-refractivity contribution in [3.05, 3.63) is 46.0 Å². The number of anilines is 1. The van der Waals surface area contributed by atoms with E-state index in [1.807, 2.05) is 6.08 Å². The monoisotopic (exact) mass is 367 g/mol. The van der Waals surface area contributed by atoms with Gasteiger partial charge >= 0.3 is 12.2 Å². The van der Waals surface area contributed by atoms with Crippen LogP contribution in [0.2, 0.25) is 0 Å². The molecule has 2 bridgehead atoms. The van der Waals surface area contributed by atoms with Gasteiger partial charge in [-0.25, -0.2) is 9.69 Å². The lowest BCUT2D eigenvalue weighted by atomic mass is 9.87. The number of carbonyl (C=O) groups is 2. The first-order valence-electron chi connectivity index (χ1n) is 7.78. The minimum Gasteiger partial charge on any atom is -0.302 e. The summed E-state index contributed by atoms with van der Waals surface area (Å²) in [4.78, 5) is 37.5. The number of imide groups is 1. The predicted octanol–water partition coefficient (Wildman–Crippen LogP) is 3.10. The van der Waals surface area contributed by atoms with Gasteiger partial charge in [0.1, 0.15) is 11.1 Å². The van der Waals surface area contributed by atoms with Gasteiger partial charge in [0, 0.05) is 12.0 Å². The number of hydrogen-bond acceptors (Lipinski definition) is 4. The van der Waals surface area contributed by atoms with E-state index >= 15 is 0 Å². The molecular formula is C16H12F3N3O4. The molecule has 136 valence electrons. The molecule has 4 rings (SSSR count). The third kappa shape index (κ3) is 1.89. The van der Waals surface area contributed by atoms with Gasteiger partial charge in [-0.05, 0) is 25.5 Å². The SMILES string of the molecule is C[C@@]12C(=O)N(c3ccc([N+](=O)[O-])c(C(F)(F)F)c3)C(=O)N1[C@H]1C=C[C@@H]2C1. The zero-order valence-electron chi connectivity index (χ0n) is 13.4. The third-order valence-electron chi connectivity index (χ3n) is 5.39. The van der Waals surface area contributed by atoms with Crippen molar-refractivity contribution < 1.29 is 27.7 Å². The van der Waals surface area contributed by atoms with Crippen molar-refractivity contribution in [1.29, 1.82) is 0 Å². The summed E-state index contributed by atoms with van der Waals surface area (Å²) in [5.41, 5.74) is -4.10. The smallest absolute Gasteiger partial charge is 0.302 e. The molecule has 26 heavy (non-hydrogen) atoms. The number of fused-ring (bicyclic) bond motifs is 5. The zero-order chi connectivity index (χ0) is 19.0. The first-order chi connectivity index (χ1) is 12.1. The van der Waals surface area contributed by atoms with E-state index < -0.39 is 39.8 Å². The highest BCUT2D eigenvalue weighted by molar-refractivity contribution is 6.24. The van der Waals surface area contributed by atoms with Crippen LogP contribution in [0.5, 0.6) is 0 Å². The van der Waals surface area contributed by atoms with E-state index in [1.54, 1.807) is 13.0 Å². The second-order valence-electron chi connectivity index (χ2n) is 6.69. The fourth-order valence-corrected chi connectivity index (χ4v) is 4.11. The van der Waals surface area contributed by atoms with Crippen LogP contribution in [0.1, 0.15) is 18.9 Å². The number of carbonyl (C=O) groups excluding carboxylic acids is 2. The van der Waals surface area contributed by atoms with E-state index in [1.165, 1.54) is 4.90 Å². The average Bonchev–Trinajstić information content (AvgIpc) is 3.18. The van der Waals surface area contributed by atoms with E-state index in [-0.39, 0.29) is 17.6 Å². The molecule has 0 unspecified atom stereocenters. The summed E-state index contributed by atoms with van der Waals surface area (Å²) in [5.74, 6) is -0.824. The van der Waals surface area contributed by atoms with Crippen LogP contribution >= 0.6 is 0 Å². The van der Waals surface area contributed by atoms with Crippen molar-refractivity contribution >= 4 is 23.3 Å². The molecule has 0 spiro atoms. The summed E-state index contributed by atoms with van der Waals surface area (Å²) < 4.78 is 39.6. The van der Waals surface area contributed by atoms with Crippen molar-refractivity contribution in [3.8, 4) is 0 Å². The minimum absolute atomic E-state index is 0.200. The number of alkyl halides is 3. The molecule has 2 aliphatic heterocycles. The molecule has 1 aromatic carbocycles. The van der Waals surface area contributed by atoms with Crippen molar-refractivity contribution in [2.24, 2.45) is 5.92 Å². The lowest BCUT2D eigenvalue weighted by Gasteiger charge is -2.32. The number of rotatable bonds is 2. The normalized spacial score (nSPS) is 29.7. The number of urea groups is 1. The lowest BCUT2D eigenvalue weighted by Crippen LogP contribution is -2.49.